The lowest BCUT2D eigenvalue weighted by atomic mass is 10.0. The quantitative estimate of drug-likeness (QED) is 0.143. The number of hydrogen-bond acceptors (Lipinski definition) is 11. The molecule has 2 aliphatic rings. The molecule has 0 spiro atoms. The Kier molecular flexibility index (Phi) is 8.74. The van der Waals surface area contributed by atoms with E-state index in [1.165, 1.54) is 35.6 Å². The highest BCUT2D eigenvalue weighted by Crippen LogP contribution is 2.41. The number of fused-ring (bicyclic) bond motifs is 1. The molecule has 14 heteroatoms. The van der Waals surface area contributed by atoms with Gasteiger partial charge in [-0.1, -0.05) is 0 Å². The number of thioether (sulfide) groups is 1. The number of amides is 2. The van der Waals surface area contributed by atoms with Gasteiger partial charge in [-0.2, -0.15) is 0 Å². The van der Waals surface area contributed by atoms with Gasteiger partial charge in [0.25, 0.3) is 11.8 Å². The number of carbonyl (C=O) groups excluding carboxylic acids is 6. The molecular formula is C22H25N3O10S. The highest BCUT2D eigenvalue weighted by atomic mass is 32.2. The second kappa shape index (κ2) is 11.7. The fraction of sp³-hybridized carbons (Fsp3) is 0.455. The van der Waals surface area contributed by atoms with Gasteiger partial charge in [-0.15, -0.1) is 11.8 Å². The molecule has 0 aliphatic carbocycles. The molecule has 0 saturated carbocycles. The highest BCUT2D eigenvalue weighted by Gasteiger charge is 2.55. The number of esters is 4. The van der Waals surface area contributed by atoms with Crippen molar-refractivity contribution in [1.82, 2.24) is 14.8 Å². The van der Waals surface area contributed by atoms with Crippen LogP contribution in [0.2, 0.25) is 0 Å². The van der Waals surface area contributed by atoms with E-state index < -0.39 is 59.9 Å². The minimum atomic E-state index is -1.35. The average Bonchev–Trinajstić information content (AvgIpc) is 3.34. The molecule has 1 fully saturated rings. The molecule has 2 amide bonds. The van der Waals surface area contributed by atoms with E-state index in [-0.39, 0.29) is 24.7 Å². The first kappa shape index (κ1) is 26.8. The SMILES string of the molecule is CCOC(=O)C(C(=O)NC1C(=O)N2C(C(=O)OCOC(C)=O)=C(COC(C)=O)CSC12)n1cccc1. The lowest BCUT2D eigenvalue weighted by Gasteiger charge is -2.49. The number of nitrogens with zero attached hydrogens (tertiary/aromatic N) is 2. The Morgan fingerprint density at radius 1 is 1.06 bits per heavy atom. The van der Waals surface area contributed by atoms with E-state index in [0.29, 0.717) is 5.57 Å². The van der Waals surface area contributed by atoms with Gasteiger partial charge in [0.05, 0.1) is 6.61 Å². The van der Waals surface area contributed by atoms with Gasteiger partial charge in [-0.3, -0.25) is 24.1 Å². The van der Waals surface area contributed by atoms with Crippen molar-refractivity contribution in [1.29, 1.82) is 0 Å². The highest BCUT2D eigenvalue weighted by molar-refractivity contribution is 8.00. The van der Waals surface area contributed by atoms with Crippen molar-refractivity contribution in [3.05, 3.63) is 35.8 Å². The third kappa shape index (κ3) is 5.87. The van der Waals surface area contributed by atoms with E-state index in [0.717, 1.165) is 11.8 Å². The molecule has 0 radical (unpaired) electrons. The van der Waals surface area contributed by atoms with Crippen LogP contribution in [0.4, 0.5) is 0 Å². The first-order valence-corrected chi connectivity index (χ1v) is 11.9. The standard InChI is InChI=1S/C22H25N3O10S/c1-4-32-22(31)17(24-7-5-6-8-24)18(28)23-15-19(29)25-16(21(30)35-11-34-13(3)27)14(9-33-12(2)26)10-36-20(15)25/h5-8,15,17,20H,4,9-11H2,1-3H3,(H,23,28). The Hall–Kier alpha value is -3.81. The van der Waals surface area contributed by atoms with Crippen molar-refractivity contribution >= 4 is 47.5 Å². The molecule has 3 rings (SSSR count). The molecule has 1 aromatic heterocycles. The minimum absolute atomic E-state index is 0.0627. The van der Waals surface area contributed by atoms with Crippen molar-refractivity contribution in [2.24, 2.45) is 0 Å². The molecule has 0 aromatic carbocycles. The summed E-state index contributed by atoms with van der Waals surface area (Å²) in [5.41, 5.74) is 0.157. The van der Waals surface area contributed by atoms with Crippen LogP contribution in [0.25, 0.3) is 0 Å². The van der Waals surface area contributed by atoms with Crippen LogP contribution in [-0.2, 0) is 47.7 Å². The van der Waals surface area contributed by atoms with Crippen molar-refractivity contribution in [3.8, 4) is 0 Å². The molecule has 3 unspecified atom stereocenters. The zero-order valence-corrected chi connectivity index (χ0v) is 20.6. The summed E-state index contributed by atoms with van der Waals surface area (Å²) >= 11 is 1.23. The Morgan fingerprint density at radius 3 is 2.33 bits per heavy atom. The monoisotopic (exact) mass is 523 g/mol. The number of nitrogens with one attached hydrogen (secondary N) is 1. The maximum Gasteiger partial charge on any atom is 0.358 e. The first-order valence-electron chi connectivity index (χ1n) is 10.9. The summed E-state index contributed by atoms with van der Waals surface area (Å²) in [6.45, 7) is 3.08. The average molecular weight is 524 g/mol. The Labute approximate surface area is 210 Å². The molecule has 1 N–H and O–H groups in total. The third-order valence-electron chi connectivity index (χ3n) is 5.12. The Bertz CT molecular complexity index is 1080. The molecule has 36 heavy (non-hydrogen) atoms. The van der Waals surface area contributed by atoms with Gasteiger partial charge in [0.15, 0.2) is 0 Å². The minimum Gasteiger partial charge on any atom is -0.464 e. The molecule has 1 saturated heterocycles. The Morgan fingerprint density at radius 2 is 1.72 bits per heavy atom. The fourth-order valence-corrected chi connectivity index (χ4v) is 4.87. The maximum atomic E-state index is 13.1. The topological polar surface area (TPSA) is 160 Å². The van der Waals surface area contributed by atoms with E-state index in [1.54, 1.807) is 19.1 Å². The first-order chi connectivity index (χ1) is 17.1. The molecular weight excluding hydrogens is 498 g/mol. The predicted molar refractivity (Wildman–Crippen MR) is 122 cm³/mol. The van der Waals surface area contributed by atoms with E-state index in [2.05, 4.69) is 10.1 Å². The number of β-lactam (4-membered cyclic amide) rings is 1. The number of rotatable bonds is 10. The molecule has 13 nitrogen and oxygen atoms in total. The van der Waals surface area contributed by atoms with E-state index in [9.17, 15) is 28.8 Å². The lowest BCUT2D eigenvalue weighted by Crippen LogP contribution is -2.71. The van der Waals surface area contributed by atoms with Crippen LogP contribution in [0.5, 0.6) is 0 Å². The molecule has 194 valence electrons. The molecule has 3 atom stereocenters. The summed E-state index contributed by atoms with van der Waals surface area (Å²) < 4.78 is 20.9. The van der Waals surface area contributed by atoms with Gasteiger partial charge in [0.1, 0.15) is 23.7 Å². The third-order valence-corrected chi connectivity index (χ3v) is 6.46. The molecule has 0 bridgehead atoms. The van der Waals surface area contributed by atoms with Crippen LogP contribution in [0.15, 0.2) is 35.8 Å². The summed E-state index contributed by atoms with van der Waals surface area (Å²) in [6, 6.07) is 0.881. The van der Waals surface area contributed by atoms with E-state index >= 15 is 0 Å². The van der Waals surface area contributed by atoms with Crippen molar-refractivity contribution in [3.63, 3.8) is 0 Å². The smallest absolute Gasteiger partial charge is 0.358 e. The zero-order chi connectivity index (χ0) is 26.4. The maximum absolute atomic E-state index is 13.1. The van der Waals surface area contributed by atoms with Crippen molar-refractivity contribution < 1.29 is 47.7 Å². The van der Waals surface area contributed by atoms with Gasteiger partial charge in [-0.05, 0) is 19.1 Å². The summed E-state index contributed by atoms with van der Waals surface area (Å²) in [7, 11) is 0. The summed E-state index contributed by atoms with van der Waals surface area (Å²) in [5.74, 6) is -4.20. The second-order valence-electron chi connectivity index (χ2n) is 7.60. The van der Waals surface area contributed by atoms with Crippen LogP contribution in [0.1, 0.15) is 26.8 Å². The van der Waals surface area contributed by atoms with Crippen LogP contribution in [-0.4, -0.2) is 82.3 Å². The van der Waals surface area contributed by atoms with Gasteiger partial charge in [0.2, 0.25) is 12.8 Å². The van der Waals surface area contributed by atoms with Gasteiger partial charge in [-0.25, -0.2) is 9.59 Å². The predicted octanol–water partition coefficient (Wildman–Crippen LogP) is -0.127. The number of hydrogen-bond donors (Lipinski definition) is 1. The summed E-state index contributed by atoms with van der Waals surface area (Å²) in [4.78, 5) is 74.7. The summed E-state index contributed by atoms with van der Waals surface area (Å²) in [6.07, 6.45) is 3.04. The van der Waals surface area contributed by atoms with Gasteiger partial charge >= 0.3 is 23.9 Å². The van der Waals surface area contributed by atoms with Crippen molar-refractivity contribution in [2.45, 2.75) is 38.2 Å². The molecule has 1 aromatic rings. The van der Waals surface area contributed by atoms with Crippen LogP contribution in [0, 0.1) is 0 Å². The van der Waals surface area contributed by atoms with E-state index in [1.807, 2.05) is 0 Å². The van der Waals surface area contributed by atoms with Crippen LogP contribution in [0.3, 0.4) is 0 Å². The Balaban J connectivity index is 1.79. The van der Waals surface area contributed by atoms with Gasteiger partial charge in [0, 0.05) is 37.6 Å². The van der Waals surface area contributed by atoms with E-state index in [4.69, 9.17) is 14.2 Å². The van der Waals surface area contributed by atoms with Crippen LogP contribution < -0.4 is 5.32 Å². The number of aromatic nitrogens is 1. The van der Waals surface area contributed by atoms with Crippen molar-refractivity contribution in [2.75, 3.05) is 25.8 Å². The fourth-order valence-electron chi connectivity index (χ4n) is 3.54. The van der Waals surface area contributed by atoms with Gasteiger partial charge < -0.3 is 28.8 Å². The molecule has 3 heterocycles. The largest absolute Gasteiger partial charge is 0.464 e. The lowest BCUT2D eigenvalue weighted by molar-refractivity contribution is -0.167. The zero-order valence-electron chi connectivity index (χ0n) is 19.8. The normalized spacial score (nSPS) is 19.4. The number of carbonyl (C=O) groups is 6. The second-order valence-corrected chi connectivity index (χ2v) is 8.70. The summed E-state index contributed by atoms with van der Waals surface area (Å²) in [5, 5.41) is 1.89. The molecule has 2 aliphatic heterocycles. The van der Waals surface area contributed by atoms with Crippen LogP contribution >= 0.6 is 11.8 Å². The number of ether oxygens (including phenoxy) is 4.